The third kappa shape index (κ3) is 3.31. The molecular formula is C13H9Br2ClN2O2. The molecule has 1 heterocycles. The SMILES string of the molecule is COc1c(Br)cc(Cl)cc1NC(=O)c1ncccc1Br. The van der Waals surface area contributed by atoms with Gasteiger partial charge in [0.15, 0.2) is 5.75 Å². The smallest absolute Gasteiger partial charge is 0.275 e. The average molecular weight is 420 g/mol. The van der Waals surface area contributed by atoms with E-state index in [9.17, 15) is 4.79 Å². The first-order chi connectivity index (χ1) is 9.52. The second-order valence-corrected chi connectivity index (χ2v) is 5.90. The van der Waals surface area contributed by atoms with Gasteiger partial charge in [-0.25, -0.2) is 4.98 Å². The van der Waals surface area contributed by atoms with Crippen molar-refractivity contribution in [3.8, 4) is 5.75 Å². The number of hydrogen-bond donors (Lipinski definition) is 1. The normalized spacial score (nSPS) is 10.2. The van der Waals surface area contributed by atoms with Crippen LogP contribution in [0.3, 0.4) is 0 Å². The van der Waals surface area contributed by atoms with Crippen LogP contribution in [0.5, 0.6) is 5.75 Å². The van der Waals surface area contributed by atoms with E-state index in [1.165, 1.54) is 7.11 Å². The minimum atomic E-state index is -0.357. The molecule has 20 heavy (non-hydrogen) atoms. The van der Waals surface area contributed by atoms with E-state index < -0.39 is 0 Å². The number of nitrogens with one attached hydrogen (secondary N) is 1. The Hall–Kier alpha value is -1.11. The van der Waals surface area contributed by atoms with Crippen molar-refractivity contribution in [2.75, 3.05) is 12.4 Å². The number of aromatic nitrogens is 1. The quantitative estimate of drug-likeness (QED) is 0.794. The predicted molar refractivity (Wildman–Crippen MR) is 85.6 cm³/mol. The Balaban J connectivity index is 2.35. The maximum absolute atomic E-state index is 12.2. The van der Waals surface area contributed by atoms with Crippen molar-refractivity contribution in [3.63, 3.8) is 0 Å². The molecule has 2 aromatic rings. The Morgan fingerprint density at radius 3 is 2.75 bits per heavy atom. The number of carbonyl (C=O) groups is 1. The van der Waals surface area contributed by atoms with Crippen molar-refractivity contribution >= 4 is 55.1 Å². The first kappa shape index (κ1) is 15.3. The molecule has 0 spiro atoms. The maximum atomic E-state index is 12.2. The van der Waals surface area contributed by atoms with Crippen LogP contribution < -0.4 is 10.1 Å². The molecule has 1 N–H and O–H groups in total. The molecule has 2 rings (SSSR count). The molecule has 4 nitrogen and oxygen atoms in total. The van der Waals surface area contributed by atoms with Crippen LogP contribution in [-0.2, 0) is 0 Å². The number of amides is 1. The van der Waals surface area contributed by atoms with Gasteiger partial charge in [-0.1, -0.05) is 11.6 Å². The Morgan fingerprint density at radius 1 is 1.35 bits per heavy atom. The molecule has 0 saturated heterocycles. The van der Waals surface area contributed by atoms with Gasteiger partial charge in [0, 0.05) is 15.7 Å². The molecule has 104 valence electrons. The van der Waals surface area contributed by atoms with Crippen molar-refractivity contribution in [3.05, 3.63) is 50.1 Å². The Bertz CT molecular complexity index is 665. The van der Waals surface area contributed by atoms with Gasteiger partial charge in [0.25, 0.3) is 5.91 Å². The Labute approximate surface area is 137 Å². The first-order valence-corrected chi connectivity index (χ1v) is 7.44. The lowest BCUT2D eigenvalue weighted by Crippen LogP contribution is -2.15. The number of pyridine rings is 1. The number of benzene rings is 1. The van der Waals surface area contributed by atoms with E-state index in [1.807, 2.05) is 0 Å². The molecule has 0 atom stereocenters. The summed E-state index contributed by atoms with van der Waals surface area (Å²) in [4.78, 5) is 16.2. The van der Waals surface area contributed by atoms with Crippen molar-refractivity contribution in [1.82, 2.24) is 4.98 Å². The number of ether oxygens (including phenoxy) is 1. The highest BCUT2D eigenvalue weighted by molar-refractivity contribution is 9.10. The highest BCUT2D eigenvalue weighted by Gasteiger charge is 2.16. The van der Waals surface area contributed by atoms with Crippen molar-refractivity contribution in [1.29, 1.82) is 0 Å². The number of hydrogen-bond acceptors (Lipinski definition) is 3. The lowest BCUT2D eigenvalue weighted by molar-refractivity contribution is 0.102. The number of halogens is 3. The molecule has 0 aliphatic carbocycles. The van der Waals surface area contributed by atoms with E-state index in [1.54, 1.807) is 30.5 Å². The molecule has 7 heteroatoms. The summed E-state index contributed by atoms with van der Waals surface area (Å²) >= 11 is 12.6. The number of carbonyl (C=O) groups excluding carboxylic acids is 1. The molecular weight excluding hydrogens is 411 g/mol. The number of rotatable bonds is 3. The van der Waals surface area contributed by atoms with E-state index in [2.05, 4.69) is 42.2 Å². The summed E-state index contributed by atoms with van der Waals surface area (Å²) in [5.74, 6) is 0.139. The monoisotopic (exact) mass is 418 g/mol. The average Bonchev–Trinajstić information content (AvgIpc) is 2.38. The molecule has 1 aromatic carbocycles. The third-order valence-corrected chi connectivity index (χ3v) is 3.88. The molecule has 0 unspecified atom stereocenters. The van der Waals surface area contributed by atoms with Crippen LogP contribution in [0.4, 0.5) is 5.69 Å². The van der Waals surface area contributed by atoms with E-state index in [0.717, 1.165) is 0 Å². The third-order valence-electron chi connectivity index (χ3n) is 2.43. The van der Waals surface area contributed by atoms with Crippen LogP contribution in [0.1, 0.15) is 10.5 Å². The van der Waals surface area contributed by atoms with Gasteiger partial charge < -0.3 is 10.1 Å². The fourth-order valence-electron chi connectivity index (χ4n) is 1.59. The topological polar surface area (TPSA) is 51.2 Å². The fourth-order valence-corrected chi connectivity index (χ4v) is 3.00. The van der Waals surface area contributed by atoms with Crippen LogP contribution in [-0.4, -0.2) is 18.0 Å². The van der Waals surface area contributed by atoms with Gasteiger partial charge in [-0.15, -0.1) is 0 Å². The summed E-state index contributed by atoms with van der Waals surface area (Å²) in [7, 11) is 1.51. The van der Waals surface area contributed by atoms with Crippen molar-refractivity contribution in [2.24, 2.45) is 0 Å². The van der Waals surface area contributed by atoms with Gasteiger partial charge in [0.05, 0.1) is 17.3 Å². The zero-order chi connectivity index (χ0) is 14.7. The van der Waals surface area contributed by atoms with E-state index >= 15 is 0 Å². The predicted octanol–water partition coefficient (Wildman–Crippen LogP) is 4.52. The fraction of sp³-hybridized carbons (Fsp3) is 0.0769. The molecule has 0 bridgehead atoms. The van der Waals surface area contributed by atoms with E-state index in [0.29, 0.717) is 25.4 Å². The minimum absolute atomic E-state index is 0.283. The molecule has 0 radical (unpaired) electrons. The van der Waals surface area contributed by atoms with E-state index in [4.69, 9.17) is 16.3 Å². The van der Waals surface area contributed by atoms with Gasteiger partial charge in [0.1, 0.15) is 5.69 Å². The maximum Gasteiger partial charge on any atom is 0.275 e. The van der Waals surface area contributed by atoms with Crippen LogP contribution >= 0.6 is 43.5 Å². The Kier molecular flexibility index (Phi) is 5.01. The summed E-state index contributed by atoms with van der Waals surface area (Å²) in [5, 5.41) is 3.21. The minimum Gasteiger partial charge on any atom is -0.493 e. The van der Waals surface area contributed by atoms with Crippen LogP contribution in [0, 0.1) is 0 Å². The van der Waals surface area contributed by atoms with Crippen LogP contribution in [0.25, 0.3) is 0 Å². The Morgan fingerprint density at radius 2 is 2.10 bits per heavy atom. The van der Waals surface area contributed by atoms with Gasteiger partial charge in [-0.2, -0.15) is 0 Å². The summed E-state index contributed by atoms with van der Waals surface area (Å²) in [6.07, 6.45) is 1.55. The molecule has 1 amide bonds. The summed E-state index contributed by atoms with van der Waals surface area (Å²) < 4.78 is 6.51. The largest absolute Gasteiger partial charge is 0.493 e. The van der Waals surface area contributed by atoms with Crippen molar-refractivity contribution < 1.29 is 9.53 Å². The lowest BCUT2D eigenvalue weighted by atomic mass is 10.2. The second kappa shape index (κ2) is 6.56. The van der Waals surface area contributed by atoms with Crippen LogP contribution in [0.2, 0.25) is 5.02 Å². The molecule has 0 aliphatic rings. The molecule has 0 fully saturated rings. The lowest BCUT2D eigenvalue weighted by Gasteiger charge is -2.12. The second-order valence-electron chi connectivity index (χ2n) is 3.76. The van der Waals surface area contributed by atoms with Crippen molar-refractivity contribution in [2.45, 2.75) is 0 Å². The highest BCUT2D eigenvalue weighted by atomic mass is 79.9. The highest BCUT2D eigenvalue weighted by Crippen LogP contribution is 2.36. The molecule has 1 aromatic heterocycles. The first-order valence-electron chi connectivity index (χ1n) is 5.48. The number of anilines is 1. The van der Waals surface area contributed by atoms with Gasteiger partial charge >= 0.3 is 0 Å². The van der Waals surface area contributed by atoms with Gasteiger partial charge in [0.2, 0.25) is 0 Å². The molecule has 0 saturated carbocycles. The standard InChI is InChI=1S/C13H9Br2ClN2O2/c1-20-12-9(15)5-7(16)6-10(12)18-13(19)11-8(14)3-2-4-17-11/h2-6H,1H3,(H,18,19). The number of nitrogens with zero attached hydrogens (tertiary/aromatic N) is 1. The van der Waals surface area contributed by atoms with E-state index in [-0.39, 0.29) is 11.6 Å². The summed E-state index contributed by atoms with van der Waals surface area (Å²) in [5.41, 5.74) is 0.750. The summed E-state index contributed by atoms with van der Waals surface area (Å²) in [6, 6.07) is 6.77. The number of methoxy groups -OCH3 is 1. The summed E-state index contributed by atoms with van der Waals surface area (Å²) in [6.45, 7) is 0. The zero-order valence-corrected chi connectivity index (χ0v) is 14.2. The molecule has 0 aliphatic heterocycles. The van der Waals surface area contributed by atoms with Crippen LogP contribution in [0.15, 0.2) is 39.4 Å². The zero-order valence-electron chi connectivity index (χ0n) is 10.3. The van der Waals surface area contributed by atoms with Gasteiger partial charge in [-0.3, -0.25) is 4.79 Å². The van der Waals surface area contributed by atoms with Gasteiger partial charge in [-0.05, 0) is 56.1 Å².